The van der Waals surface area contributed by atoms with Gasteiger partial charge in [0.2, 0.25) is 5.91 Å². The lowest BCUT2D eigenvalue weighted by Crippen LogP contribution is -2.29. The number of thiazole rings is 1. The summed E-state index contributed by atoms with van der Waals surface area (Å²) in [5, 5.41) is 8.40. The van der Waals surface area contributed by atoms with E-state index in [9.17, 15) is 4.79 Å². The average Bonchev–Trinajstić information content (AvgIpc) is 2.81. The first-order valence-corrected chi connectivity index (χ1v) is 7.07. The molecule has 0 aliphatic rings. The molecule has 0 aliphatic heterocycles. The second-order valence-corrected chi connectivity index (χ2v) is 5.26. The first kappa shape index (κ1) is 13.0. The maximum atomic E-state index is 11.6. The molecule has 2 rings (SSSR count). The third kappa shape index (κ3) is 4.12. The SMILES string of the molecule is O=C(CNc1nc(Br)cs1)NCc1ccccc1. The van der Waals surface area contributed by atoms with Gasteiger partial charge in [-0.15, -0.1) is 11.3 Å². The Balaban J connectivity index is 1.73. The Morgan fingerprint density at radius 1 is 1.33 bits per heavy atom. The predicted molar refractivity (Wildman–Crippen MR) is 76.6 cm³/mol. The van der Waals surface area contributed by atoms with Crippen LogP contribution < -0.4 is 10.6 Å². The molecule has 0 unspecified atom stereocenters. The molecule has 0 bridgehead atoms. The van der Waals surface area contributed by atoms with Crippen molar-refractivity contribution in [2.24, 2.45) is 0 Å². The summed E-state index contributed by atoms with van der Waals surface area (Å²) in [6, 6.07) is 9.81. The number of rotatable bonds is 5. The molecule has 4 nitrogen and oxygen atoms in total. The van der Waals surface area contributed by atoms with E-state index in [2.05, 4.69) is 31.5 Å². The molecule has 2 aromatic rings. The zero-order chi connectivity index (χ0) is 12.8. The minimum atomic E-state index is -0.0508. The molecule has 94 valence electrons. The molecule has 6 heteroatoms. The molecule has 0 fully saturated rings. The molecular formula is C12H12BrN3OS. The lowest BCUT2D eigenvalue weighted by atomic mass is 10.2. The van der Waals surface area contributed by atoms with Gasteiger partial charge in [-0.1, -0.05) is 30.3 Å². The largest absolute Gasteiger partial charge is 0.352 e. The van der Waals surface area contributed by atoms with E-state index in [1.807, 2.05) is 35.7 Å². The van der Waals surface area contributed by atoms with Crippen LogP contribution in [0.3, 0.4) is 0 Å². The van der Waals surface area contributed by atoms with E-state index in [0.717, 1.165) is 15.3 Å². The predicted octanol–water partition coefficient (Wildman–Crippen LogP) is 2.63. The molecule has 0 atom stereocenters. The Labute approximate surface area is 118 Å². The summed E-state index contributed by atoms with van der Waals surface area (Å²) in [5.74, 6) is -0.0508. The van der Waals surface area contributed by atoms with Crippen molar-refractivity contribution in [2.45, 2.75) is 6.54 Å². The first-order valence-electron chi connectivity index (χ1n) is 5.39. The van der Waals surface area contributed by atoms with Crippen molar-refractivity contribution in [3.05, 3.63) is 45.9 Å². The number of nitrogens with one attached hydrogen (secondary N) is 2. The van der Waals surface area contributed by atoms with Crippen LogP contribution in [0.5, 0.6) is 0 Å². The quantitative estimate of drug-likeness (QED) is 0.888. The number of anilines is 1. The Morgan fingerprint density at radius 3 is 2.78 bits per heavy atom. The van der Waals surface area contributed by atoms with E-state index in [0.29, 0.717) is 6.54 Å². The molecule has 18 heavy (non-hydrogen) atoms. The topological polar surface area (TPSA) is 54.0 Å². The standard InChI is InChI=1S/C12H12BrN3OS/c13-10-8-18-12(16-10)15-7-11(17)14-6-9-4-2-1-3-5-9/h1-5,8H,6-7H2,(H,14,17)(H,15,16). The summed E-state index contributed by atoms with van der Waals surface area (Å²) in [6.45, 7) is 0.774. The van der Waals surface area contributed by atoms with Gasteiger partial charge in [0, 0.05) is 11.9 Å². The molecule has 0 radical (unpaired) electrons. The average molecular weight is 326 g/mol. The summed E-state index contributed by atoms with van der Waals surface area (Å²) in [4.78, 5) is 15.7. The second-order valence-electron chi connectivity index (χ2n) is 3.59. The molecule has 0 saturated carbocycles. The molecule has 1 aromatic heterocycles. The van der Waals surface area contributed by atoms with Crippen LogP contribution in [-0.2, 0) is 11.3 Å². The van der Waals surface area contributed by atoms with Crippen molar-refractivity contribution in [3.63, 3.8) is 0 Å². The highest BCUT2D eigenvalue weighted by molar-refractivity contribution is 9.10. The molecule has 0 aliphatic carbocycles. The smallest absolute Gasteiger partial charge is 0.239 e. The van der Waals surface area contributed by atoms with Gasteiger partial charge in [-0.2, -0.15) is 0 Å². The van der Waals surface area contributed by atoms with Gasteiger partial charge in [0.1, 0.15) is 4.60 Å². The molecule has 1 heterocycles. The highest BCUT2D eigenvalue weighted by atomic mass is 79.9. The fraction of sp³-hybridized carbons (Fsp3) is 0.167. The van der Waals surface area contributed by atoms with Crippen LogP contribution in [0.15, 0.2) is 40.3 Å². The van der Waals surface area contributed by atoms with E-state index in [1.54, 1.807) is 0 Å². The van der Waals surface area contributed by atoms with Crippen molar-refractivity contribution in [1.29, 1.82) is 0 Å². The zero-order valence-corrected chi connectivity index (χ0v) is 11.9. The summed E-state index contributed by atoms with van der Waals surface area (Å²) in [7, 11) is 0. The van der Waals surface area contributed by atoms with E-state index in [1.165, 1.54) is 11.3 Å². The summed E-state index contributed by atoms with van der Waals surface area (Å²) < 4.78 is 0.777. The summed E-state index contributed by atoms with van der Waals surface area (Å²) in [5.41, 5.74) is 1.09. The van der Waals surface area contributed by atoms with Gasteiger partial charge >= 0.3 is 0 Å². The number of nitrogens with zero attached hydrogens (tertiary/aromatic N) is 1. The van der Waals surface area contributed by atoms with Crippen LogP contribution in [0.4, 0.5) is 5.13 Å². The van der Waals surface area contributed by atoms with E-state index < -0.39 is 0 Å². The Bertz CT molecular complexity index is 515. The van der Waals surface area contributed by atoms with E-state index in [4.69, 9.17) is 0 Å². The Morgan fingerprint density at radius 2 is 2.11 bits per heavy atom. The zero-order valence-electron chi connectivity index (χ0n) is 9.52. The number of benzene rings is 1. The lowest BCUT2D eigenvalue weighted by molar-refractivity contribution is -0.119. The molecular weight excluding hydrogens is 314 g/mol. The first-order chi connectivity index (χ1) is 8.74. The number of carbonyl (C=O) groups excluding carboxylic acids is 1. The van der Waals surface area contributed by atoms with Crippen LogP contribution in [-0.4, -0.2) is 17.4 Å². The third-order valence-electron chi connectivity index (χ3n) is 2.21. The molecule has 0 saturated heterocycles. The van der Waals surface area contributed by atoms with Crippen molar-refractivity contribution >= 4 is 38.3 Å². The molecule has 2 N–H and O–H groups in total. The van der Waals surface area contributed by atoms with Crippen LogP contribution >= 0.6 is 27.3 Å². The highest BCUT2D eigenvalue weighted by Crippen LogP contribution is 2.18. The number of halogens is 1. The van der Waals surface area contributed by atoms with E-state index >= 15 is 0 Å². The lowest BCUT2D eigenvalue weighted by Gasteiger charge is -2.05. The maximum Gasteiger partial charge on any atom is 0.239 e. The number of amides is 1. The van der Waals surface area contributed by atoms with Crippen molar-refractivity contribution in [1.82, 2.24) is 10.3 Å². The van der Waals surface area contributed by atoms with Crippen LogP contribution in [0.25, 0.3) is 0 Å². The van der Waals surface area contributed by atoms with Crippen LogP contribution in [0.2, 0.25) is 0 Å². The van der Waals surface area contributed by atoms with Crippen LogP contribution in [0.1, 0.15) is 5.56 Å². The molecule has 1 aromatic carbocycles. The van der Waals surface area contributed by atoms with Gasteiger partial charge in [-0.05, 0) is 21.5 Å². The third-order valence-corrected chi connectivity index (χ3v) is 3.72. The highest BCUT2D eigenvalue weighted by Gasteiger charge is 2.03. The molecule has 1 amide bonds. The fourth-order valence-corrected chi connectivity index (χ4v) is 2.49. The van der Waals surface area contributed by atoms with Crippen molar-refractivity contribution in [3.8, 4) is 0 Å². The normalized spacial score (nSPS) is 10.1. The summed E-state index contributed by atoms with van der Waals surface area (Å²) >= 11 is 4.72. The van der Waals surface area contributed by atoms with Crippen molar-refractivity contribution < 1.29 is 4.79 Å². The van der Waals surface area contributed by atoms with Crippen molar-refractivity contribution in [2.75, 3.05) is 11.9 Å². The van der Waals surface area contributed by atoms with Gasteiger partial charge in [-0.3, -0.25) is 4.79 Å². The van der Waals surface area contributed by atoms with Gasteiger partial charge < -0.3 is 10.6 Å². The minimum Gasteiger partial charge on any atom is -0.352 e. The Hall–Kier alpha value is -1.40. The van der Waals surface area contributed by atoms with Crippen LogP contribution in [0, 0.1) is 0 Å². The van der Waals surface area contributed by atoms with Gasteiger partial charge in [0.05, 0.1) is 6.54 Å². The maximum absolute atomic E-state index is 11.6. The minimum absolute atomic E-state index is 0.0508. The number of carbonyl (C=O) groups is 1. The van der Waals surface area contributed by atoms with Gasteiger partial charge in [0.15, 0.2) is 5.13 Å². The summed E-state index contributed by atoms with van der Waals surface area (Å²) in [6.07, 6.45) is 0. The molecule has 0 spiro atoms. The number of hydrogen-bond acceptors (Lipinski definition) is 4. The second kappa shape index (κ2) is 6.51. The number of hydrogen-bond donors (Lipinski definition) is 2. The van der Waals surface area contributed by atoms with E-state index in [-0.39, 0.29) is 12.5 Å². The Kier molecular flexibility index (Phi) is 4.72. The monoisotopic (exact) mass is 325 g/mol. The van der Waals surface area contributed by atoms with Gasteiger partial charge in [-0.25, -0.2) is 4.98 Å². The fourth-order valence-electron chi connectivity index (χ4n) is 1.35. The number of aromatic nitrogens is 1. The van der Waals surface area contributed by atoms with Gasteiger partial charge in [0.25, 0.3) is 0 Å².